The summed E-state index contributed by atoms with van der Waals surface area (Å²) < 4.78 is 11.0. The van der Waals surface area contributed by atoms with Gasteiger partial charge in [0.05, 0.1) is 13.2 Å². The average Bonchev–Trinajstić information content (AvgIpc) is 3.21. The third-order valence-corrected chi connectivity index (χ3v) is 11.7. The minimum atomic E-state index is 0.00141. The normalized spacial score (nSPS) is 12.3. The zero-order valence-electron chi connectivity index (χ0n) is 38.9. The highest BCUT2D eigenvalue weighted by atomic mass is 16.5. The number of unbranched alkanes of at least 4 members (excludes halogenated alkanes) is 31. The lowest BCUT2D eigenvalue weighted by atomic mass is 9.96. The number of esters is 2. The van der Waals surface area contributed by atoms with Crippen molar-refractivity contribution >= 4 is 11.9 Å². The van der Waals surface area contributed by atoms with Gasteiger partial charge in [-0.05, 0) is 83.0 Å². The summed E-state index contributed by atoms with van der Waals surface area (Å²) in [5.74, 6) is 0.826. The molecule has 0 saturated heterocycles. The second-order valence-electron chi connectivity index (χ2n) is 17.7. The molecule has 336 valence electrons. The summed E-state index contributed by atoms with van der Waals surface area (Å²) in [6.45, 7) is 8.17. The number of carbonyl (C=O) groups is 2. The molecular formula is C53H100O4. The van der Waals surface area contributed by atoms with Gasteiger partial charge in [-0.1, -0.05) is 218 Å². The molecule has 0 heterocycles. The van der Waals surface area contributed by atoms with Crippen molar-refractivity contribution < 1.29 is 19.1 Å². The molecule has 0 saturated carbocycles. The van der Waals surface area contributed by atoms with Gasteiger partial charge < -0.3 is 9.47 Å². The number of rotatable bonds is 47. The van der Waals surface area contributed by atoms with Gasteiger partial charge in [-0.2, -0.15) is 0 Å². The molecule has 0 aliphatic heterocycles. The summed E-state index contributed by atoms with van der Waals surface area (Å²) in [7, 11) is 0. The molecule has 0 aromatic carbocycles. The zero-order valence-corrected chi connectivity index (χ0v) is 38.9. The molecular weight excluding hydrogens is 701 g/mol. The highest BCUT2D eigenvalue weighted by Gasteiger charge is 2.05. The second-order valence-corrected chi connectivity index (χ2v) is 17.7. The average molecular weight is 801 g/mol. The van der Waals surface area contributed by atoms with Crippen molar-refractivity contribution in [1.82, 2.24) is 0 Å². The first-order valence-electron chi connectivity index (χ1n) is 25.7. The Labute approximate surface area is 357 Å². The van der Waals surface area contributed by atoms with E-state index in [2.05, 4.69) is 45.1 Å². The maximum Gasteiger partial charge on any atom is 0.305 e. The molecule has 0 aliphatic rings. The van der Waals surface area contributed by atoms with E-state index in [1.165, 1.54) is 212 Å². The van der Waals surface area contributed by atoms with Crippen LogP contribution in [0.4, 0.5) is 0 Å². The summed E-state index contributed by atoms with van der Waals surface area (Å²) in [6.07, 6.45) is 60.1. The molecule has 0 rings (SSSR count). The van der Waals surface area contributed by atoms with Crippen LogP contribution in [0.5, 0.6) is 0 Å². The van der Waals surface area contributed by atoms with Crippen LogP contribution in [0.1, 0.15) is 284 Å². The topological polar surface area (TPSA) is 52.6 Å². The predicted octanol–water partition coefficient (Wildman–Crippen LogP) is 17.9. The van der Waals surface area contributed by atoms with Gasteiger partial charge in [-0.15, -0.1) is 0 Å². The van der Waals surface area contributed by atoms with E-state index in [9.17, 15) is 9.59 Å². The lowest BCUT2D eigenvalue weighted by molar-refractivity contribution is -0.144. The van der Waals surface area contributed by atoms with Crippen molar-refractivity contribution in [1.29, 1.82) is 0 Å². The monoisotopic (exact) mass is 801 g/mol. The molecule has 1 unspecified atom stereocenters. The molecule has 4 nitrogen and oxygen atoms in total. The first-order valence-corrected chi connectivity index (χ1v) is 25.7. The number of ether oxygens (including phenoxy) is 2. The molecule has 0 aromatic rings. The fraction of sp³-hybridized carbons (Fsp3) is 0.887. The van der Waals surface area contributed by atoms with E-state index >= 15 is 0 Å². The van der Waals surface area contributed by atoms with Crippen LogP contribution in [0, 0.1) is 5.92 Å². The van der Waals surface area contributed by atoms with Crippen LogP contribution in [0.3, 0.4) is 0 Å². The van der Waals surface area contributed by atoms with E-state index in [-0.39, 0.29) is 11.9 Å². The van der Waals surface area contributed by atoms with Gasteiger partial charge in [0.15, 0.2) is 0 Å². The molecule has 0 aliphatic carbocycles. The van der Waals surface area contributed by atoms with Crippen LogP contribution in [0.15, 0.2) is 24.3 Å². The van der Waals surface area contributed by atoms with E-state index in [4.69, 9.17) is 9.47 Å². The standard InChI is InChI=1S/C53H100O4/c1-4-6-8-10-12-14-16-18-20-22-24-26-28-35-41-47-52(54)56-49-43-37-31-30-33-39-45-51(3)46-40-34-32-38-44-50-57-53(55)48-42-36-29-27-25-23-21-19-17-15-13-11-9-7-5-2/h18-21,51H,4-17,22-50H2,1-3H3/b20-18-,21-19-. The van der Waals surface area contributed by atoms with Crippen molar-refractivity contribution in [3.8, 4) is 0 Å². The van der Waals surface area contributed by atoms with E-state index < -0.39 is 0 Å². The minimum Gasteiger partial charge on any atom is -0.466 e. The predicted molar refractivity (Wildman–Crippen MR) is 250 cm³/mol. The Hall–Kier alpha value is -1.58. The van der Waals surface area contributed by atoms with Crippen molar-refractivity contribution in [3.05, 3.63) is 24.3 Å². The molecule has 0 radical (unpaired) electrons. The van der Waals surface area contributed by atoms with E-state index in [0.29, 0.717) is 26.1 Å². The van der Waals surface area contributed by atoms with E-state index in [1.807, 2.05) is 0 Å². The van der Waals surface area contributed by atoms with Crippen molar-refractivity contribution in [2.45, 2.75) is 284 Å². The highest BCUT2D eigenvalue weighted by Crippen LogP contribution is 2.19. The third-order valence-electron chi connectivity index (χ3n) is 11.7. The Balaban J connectivity index is 3.33. The maximum atomic E-state index is 12.0. The summed E-state index contributed by atoms with van der Waals surface area (Å²) in [6, 6.07) is 0. The fourth-order valence-corrected chi connectivity index (χ4v) is 7.77. The molecule has 0 amide bonds. The summed E-state index contributed by atoms with van der Waals surface area (Å²) in [5.41, 5.74) is 0. The van der Waals surface area contributed by atoms with E-state index in [1.54, 1.807) is 0 Å². The van der Waals surface area contributed by atoms with Gasteiger partial charge in [-0.25, -0.2) is 0 Å². The van der Waals surface area contributed by atoms with Crippen LogP contribution >= 0.6 is 0 Å². The van der Waals surface area contributed by atoms with Crippen LogP contribution in [0.2, 0.25) is 0 Å². The second kappa shape index (κ2) is 48.8. The Morgan fingerprint density at radius 2 is 0.614 bits per heavy atom. The zero-order chi connectivity index (χ0) is 41.4. The molecule has 0 fully saturated rings. The summed E-state index contributed by atoms with van der Waals surface area (Å²) in [4.78, 5) is 24.1. The minimum absolute atomic E-state index is 0.00141. The first kappa shape index (κ1) is 55.4. The third kappa shape index (κ3) is 48.7. The first-order chi connectivity index (χ1) is 28.1. The van der Waals surface area contributed by atoms with Crippen molar-refractivity contribution in [3.63, 3.8) is 0 Å². The van der Waals surface area contributed by atoms with Gasteiger partial charge in [0, 0.05) is 12.8 Å². The molecule has 0 bridgehead atoms. The number of carbonyl (C=O) groups excluding carboxylic acids is 2. The van der Waals surface area contributed by atoms with Gasteiger partial charge >= 0.3 is 11.9 Å². The van der Waals surface area contributed by atoms with Crippen molar-refractivity contribution in [2.75, 3.05) is 13.2 Å². The maximum absolute atomic E-state index is 12.0. The smallest absolute Gasteiger partial charge is 0.305 e. The van der Waals surface area contributed by atoms with Crippen LogP contribution in [-0.2, 0) is 19.1 Å². The van der Waals surface area contributed by atoms with Crippen molar-refractivity contribution in [2.24, 2.45) is 5.92 Å². The number of allylic oxidation sites excluding steroid dienone is 4. The number of hydrogen-bond acceptors (Lipinski definition) is 4. The summed E-state index contributed by atoms with van der Waals surface area (Å²) in [5, 5.41) is 0. The molecule has 0 spiro atoms. The van der Waals surface area contributed by atoms with E-state index in [0.717, 1.165) is 44.4 Å². The molecule has 4 heteroatoms. The highest BCUT2D eigenvalue weighted by molar-refractivity contribution is 5.69. The molecule has 57 heavy (non-hydrogen) atoms. The Kier molecular flexibility index (Phi) is 47.4. The quantitative estimate of drug-likeness (QED) is 0.0349. The lowest BCUT2D eigenvalue weighted by Crippen LogP contribution is -2.05. The largest absolute Gasteiger partial charge is 0.466 e. The van der Waals surface area contributed by atoms with Gasteiger partial charge in [-0.3, -0.25) is 9.59 Å². The van der Waals surface area contributed by atoms with Crippen LogP contribution < -0.4 is 0 Å². The Morgan fingerprint density at radius 3 is 0.947 bits per heavy atom. The fourth-order valence-electron chi connectivity index (χ4n) is 7.77. The van der Waals surface area contributed by atoms with Crippen LogP contribution in [0.25, 0.3) is 0 Å². The van der Waals surface area contributed by atoms with Crippen LogP contribution in [-0.4, -0.2) is 25.2 Å². The Bertz CT molecular complexity index is 863. The van der Waals surface area contributed by atoms with Gasteiger partial charge in [0.1, 0.15) is 0 Å². The molecule has 1 atom stereocenters. The molecule has 0 aromatic heterocycles. The Morgan fingerprint density at radius 1 is 0.351 bits per heavy atom. The molecule has 0 N–H and O–H groups in total. The van der Waals surface area contributed by atoms with Gasteiger partial charge in [0.2, 0.25) is 0 Å². The lowest BCUT2D eigenvalue weighted by Gasteiger charge is -2.11. The van der Waals surface area contributed by atoms with Gasteiger partial charge in [0.25, 0.3) is 0 Å². The number of hydrogen-bond donors (Lipinski definition) is 0. The summed E-state index contributed by atoms with van der Waals surface area (Å²) >= 11 is 0. The SMILES string of the molecule is CCCCCCCC/C=C\CCCCCCCC(=O)OCCCCCCCCC(C)CCCCCCCOC(=O)CCCCCCC/C=C\CCCCCCCC.